The van der Waals surface area contributed by atoms with E-state index in [1.807, 2.05) is 12.1 Å². The second-order valence-corrected chi connectivity index (χ2v) is 19.0. The van der Waals surface area contributed by atoms with Crippen LogP contribution in [-0.2, 0) is 57.1 Å². The minimum absolute atomic E-state index is 0.00225. The fourth-order valence-electron chi connectivity index (χ4n) is 8.16. The largest absolute Gasteiger partial charge is 0.457 e. The summed E-state index contributed by atoms with van der Waals surface area (Å²) in [6, 6.07) is 18.0. The molecule has 0 bridgehead atoms. The first kappa shape index (κ1) is 38.4. The third-order valence-corrected chi connectivity index (χ3v) is 15.7. The highest BCUT2D eigenvalue weighted by Crippen LogP contribution is 2.60. The Kier molecular flexibility index (Phi) is 9.19. The van der Waals surface area contributed by atoms with Crippen molar-refractivity contribution in [2.45, 2.75) is 44.5 Å². The van der Waals surface area contributed by atoms with Crippen molar-refractivity contribution in [2.75, 3.05) is 0 Å². The lowest BCUT2D eigenvalue weighted by Crippen LogP contribution is -2.52. The summed E-state index contributed by atoms with van der Waals surface area (Å²) in [6.45, 7) is -0.372. The fourth-order valence-corrected chi connectivity index (χ4v) is 13.1. The number of hydrogen-bond acceptors (Lipinski definition) is 15. The van der Waals surface area contributed by atoms with Crippen molar-refractivity contribution in [1.82, 2.24) is 9.97 Å². The maximum Gasteiger partial charge on any atom is 0.367 e. The third-order valence-electron chi connectivity index (χ3n) is 11.1. The van der Waals surface area contributed by atoms with Crippen LogP contribution < -0.4 is 4.74 Å². The van der Waals surface area contributed by atoms with Crippen LogP contribution in [-0.4, -0.2) is 45.0 Å². The Bertz CT molecular complexity index is 3100. The van der Waals surface area contributed by atoms with Gasteiger partial charge in [-0.15, -0.1) is 45.3 Å². The molecule has 2 saturated carbocycles. The molecule has 11 rings (SSSR count). The van der Waals surface area contributed by atoms with E-state index in [1.165, 1.54) is 34.8 Å². The quantitative estimate of drug-likeness (QED) is 0.0622. The van der Waals surface area contributed by atoms with Gasteiger partial charge >= 0.3 is 17.5 Å². The molecule has 11 nitrogen and oxygen atoms in total. The van der Waals surface area contributed by atoms with Crippen LogP contribution in [0.2, 0.25) is 0 Å². The number of rotatable bonds is 8. The van der Waals surface area contributed by atoms with Gasteiger partial charge in [-0.05, 0) is 49.0 Å². The van der Waals surface area contributed by atoms with Crippen LogP contribution in [0.3, 0.4) is 0 Å². The molecule has 0 radical (unpaired) electrons. The molecule has 6 aromatic rings. The van der Waals surface area contributed by atoms with Crippen molar-refractivity contribution < 1.29 is 43.0 Å². The average Bonchev–Trinajstić information content (AvgIpc) is 4.13. The molecule has 0 N–H and O–H groups in total. The van der Waals surface area contributed by atoms with Gasteiger partial charge in [-0.25, -0.2) is 19.6 Å². The number of thiazole rings is 2. The molecule has 15 heteroatoms. The van der Waals surface area contributed by atoms with E-state index >= 15 is 0 Å². The number of benzene rings is 2. The number of carbonyl (C=O) groups is 6. The van der Waals surface area contributed by atoms with Gasteiger partial charge in [-0.3, -0.25) is 19.2 Å². The number of fused-ring (bicyclic) bond motifs is 9. The SMILES string of the molecule is O=C1C(=Cc2nc3sc4c(c3s2)OC(C(=O)OCc2ccccc2)(C(=O)OCc2ccccc2)c2c-4sc3nc(C=C4C(=O)C5=CCCC=C5C4=O)sc23)C(=O)C2=CCCC=C12. The van der Waals surface area contributed by atoms with E-state index < -0.39 is 17.5 Å². The number of aromatic nitrogens is 2. The second kappa shape index (κ2) is 14.8. The minimum Gasteiger partial charge on any atom is -0.457 e. The number of ether oxygens (including phenoxy) is 3. The number of ketones is 4. The topological polar surface area (TPSA) is 156 Å². The van der Waals surface area contributed by atoms with Crippen LogP contribution >= 0.6 is 45.3 Å². The second-order valence-electron chi connectivity index (χ2n) is 14.9. The number of Topliss-reactive ketones (excluding diaryl/α,β-unsaturated/α-hetero) is 4. The molecular formula is C47H28N2O9S4. The summed E-state index contributed by atoms with van der Waals surface area (Å²) in [6.07, 6.45) is 12.8. The van der Waals surface area contributed by atoms with E-state index in [2.05, 4.69) is 0 Å². The summed E-state index contributed by atoms with van der Waals surface area (Å²) in [7, 11) is 0. The van der Waals surface area contributed by atoms with Gasteiger partial charge in [0.25, 0.3) is 0 Å². The lowest BCUT2D eigenvalue weighted by molar-refractivity contribution is -0.183. The number of allylic oxidation sites excluding steroid dienone is 10. The van der Waals surface area contributed by atoms with E-state index in [-0.39, 0.29) is 58.8 Å². The zero-order chi connectivity index (χ0) is 42.3. The first-order valence-corrected chi connectivity index (χ1v) is 22.9. The van der Waals surface area contributed by atoms with Crippen molar-refractivity contribution in [2.24, 2.45) is 0 Å². The van der Waals surface area contributed by atoms with E-state index in [9.17, 15) is 28.8 Å². The first-order valence-electron chi connectivity index (χ1n) is 19.6. The molecular weight excluding hydrogens is 865 g/mol. The molecule has 4 aliphatic carbocycles. The Balaban J connectivity index is 1.07. The maximum atomic E-state index is 15.0. The predicted molar refractivity (Wildman–Crippen MR) is 236 cm³/mol. The monoisotopic (exact) mass is 892 g/mol. The van der Waals surface area contributed by atoms with Gasteiger partial charge in [0, 0.05) is 22.3 Å². The Morgan fingerprint density at radius 1 is 0.581 bits per heavy atom. The molecule has 0 saturated heterocycles. The van der Waals surface area contributed by atoms with Crippen molar-refractivity contribution in [3.05, 3.63) is 145 Å². The molecule has 0 unspecified atom stereocenters. The number of carbonyl (C=O) groups excluding carboxylic acids is 6. The average molecular weight is 893 g/mol. The standard InChI is InChI=1S/C47H28N2O9S4/c50-34-25-15-7-8-16-26(25)35(51)29(34)19-31-48-43-40(59-31)33-39(61-43)41-38(42-44(62-41)49-32(60-42)20-30-36(52)27-17-9-10-18-28(27)37(30)53)58-47(33,45(54)56-21-23-11-3-1-4-12-23)46(55)57-22-24-13-5-2-6-14-24/h1-6,11-20H,7-10,21-22H2. The normalized spacial score (nSPS) is 17.4. The summed E-state index contributed by atoms with van der Waals surface area (Å²) in [5.74, 6) is -3.29. The van der Waals surface area contributed by atoms with Crippen molar-refractivity contribution >= 4 is 112 Å². The molecule has 2 aromatic carbocycles. The number of thiophene rings is 2. The lowest BCUT2D eigenvalue weighted by atomic mass is 9.91. The van der Waals surface area contributed by atoms with Crippen LogP contribution in [0.1, 0.15) is 52.4 Å². The van der Waals surface area contributed by atoms with Crippen LogP contribution in [0, 0.1) is 0 Å². The number of esters is 2. The first-order chi connectivity index (χ1) is 30.2. The summed E-state index contributed by atoms with van der Waals surface area (Å²) in [5, 5.41) is 0.701. The van der Waals surface area contributed by atoms with Gasteiger partial charge in [-0.2, -0.15) is 0 Å². The van der Waals surface area contributed by atoms with Crippen molar-refractivity contribution in [3.63, 3.8) is 0 Å². The minimum atomic E-state index is -2.52. The van der Waals surface area contributed by atoms with Crippen molar-refractivity contribution in [1.29, 1.82) is 0 Å². The van der Waals surface area contributed by atoms with Gasteiger partial charge in [0.1, 0.15) is 37.6 Å². The summed E-state index contributed by atoms with van der Waals surface area (Å²) in [5.41, 5.74) is 0.623. The molecule has 304 valence electrons. The van der Waals surface area contributed by atoms with Crippen LogP contribution in [0.15, 0.2) is 118 Å². The fraction of sp³-hybridized carbons (Fsp3) is 0.149. The maximum absolute atomic E-state index is 15.0. The highest BCUT2D eigenvalue weighted by molar-refractivity contribution is 7.34. The Labute approximate surface area is 367 Å². The molecule has 5 aliphatic rings. The van der Waals surface area contributed by atoms with Gasteiger partial charge in [0.05, 0.1) is 31.2 Å². The van der Waals surface area contributed by atoms with E-state index in [0.29, 0.717) is 97.9 Å². The number of nitrogens with zero attached hydrogens (tertiary/aromatic N) is 2. The molecule has 0 amide bonds. The van der Waals surface area contributed by atoms with E-state index in [0.717, 1.165) is 22.7 Å². The summed E-state index contributed by atoms with van der Waals surface area (Å²) < 4.78 is 19.7. The van der Waals surface area contributed by atoms with Gasteiger partial charge < -0.3 is 14.2 Å². The smallest absolute Gasteiger partial charge is 0.367 e. The van der Waals surface area contributed by atoms with Crippen molar-refractivity contribution in [3.8, 4) is 15.5 Å². The van der Waals surface area contributed by atoms with E-state index in [1.54, 1.807) is 72.8 Å². The Hall–Kier alpha value is -6.52. The molecule has 2 fully saturated rings. The number of hydrogen-bond donors (Lipinski definition) is 0. The van der Waals surface area contributed by atoms with Crippen LogP contribution in [0.4, 0.5) is 0 Å². The third kappa shape index (κ3) is 6.02. The lowest BCUT2D eigenvalue weighted by Gasteiger charge is -2.33. The molecule has 62 heavy (non-hydrogen) atoms. The highest BCUT2D eigenvalue weighted by Gasteiger charge is 2.60. The summed E-state index contributed by atoms with van der Waals surface area (Å²) >= 11 is 4.77. The van der Waals surface area contributed by atoms with Crippen LogP contribution in [0.25, 0.3) is 41.0 Å². The zero-order valence-corrected chi connectivity index (χ0v) is 35.4. The van der Waals surface area contributed by atoms with Gasteiger partial charge in [0.15, 0.2) is 28.9 Å². The molecule has 5 heterocycles. The molecule has 4 aromatic heterocycles. The zero-order valence-electron chi connectivity index (χ0n) is 32.2. The molecule has 0 atom stereocenters. The van der Waals surface area contributed by atoms with Gasteiger partial charge in [-0.1, -0.05) is 85.0 Å². The van der Waals surface area contributed by atoms with E-state index in [4.69, 9.17) is 24.2 Å². The van der Waals surface area contributed by atoms with Crippen LogP contribution in [0.5, 0.6) is 5.75 Å². The predicted octanol–water partition coefficient (Wildman–Crippen LogP) is 9.13. The molecule has 0 spiro atoms. The molecule has 1 aliphatic heterocycles. The Morgan fingerprint density at radius 3 is 1.47 bits per heavy atom. The Morgan fingerprint density at radius 2 is 1.00 bits per heavy atom. The summed E-state index contributed by atoms with van der Waals surface area (Å²) in [4.78, 5) is 95.1. The van der Waals surface area contributed by atoms with Gasteiger partial charge in [0.2, 0.25) is 0 Å². The highest BCUT2D eigenvalue weighted by atomic mass is 32.1.